The molecule has 6 nitrogen and oxygen atoms in total. The molecule has 0 radical (unpaired) electrons. The van der Waals surface area contributed by atoms with Crippen molar-refractivity contribution in [1.82, 2.24) is 0 Å². The lowest BCUT2D eigenvalue weighted by molar-refractivity contribution is -0.212. The fraction of sp³-hybridized carbons (Fsp3) is 0.733. The molecular formula is C30H40O6. The Bertz CT molecular complexity index is 1130. The SMILES string of the molecule is CC1(C)OC(=O)C=CC2=CC3=C(CC[C@H]21)[C@]1(C)CC[C@H]([C@@H]2C[C@]4(O)C[C@H]2OC(=O)[C@]4(C)O)[C@@]1(C)CC3. The standard InChI is InChI=1S/C30H40O6/c1-26(2)20-7-8-21-18(14-17(20)6-9-24(31)36-26)10-12-28(4)22(11-13-27(21,28)3)19-15-30(34)16-23(19)35-25(32)29(30,5)33/h6,9,14,19-20,22-23,33-34H,7-8,10-13,15-16H2,1-5H3/t19-,20+,22+,23+,27-,28+,29-,30-/m0/s1. The summed E-state index contributed by atoms with van der Waals surface area (Å²) in [4.78, 5) is 24.7. The van der Waals surface area contributed by atoms with E-state index in [9.17, 15) is 19.8 Å². The summed E-state index contributed by atoms with van der Waals surface area (Å²) >= 11 is 0. The number of fused-ring (bicyclic) bond motifs is 5. The van der Waals surface area contributed by atoms with Crippen LogP contribution in [-0.2, 0) is 19.1 Å². The molecular weight excluding hydrogens is 456 g/mol. The molecule has 36 heavy (non-hydrogen) atoms. The molecule has 2 aliphatic heterocycles. The van der Waals surface area contributed by atoms with Gasteiger partial charge in [-0.2, -0.15) is 0 Å². The zero-order chi connectivity index (χ0) is 25.9. The van der Waals surface area contributed by atoms with E-state index in [0.717, 1.165) is 38.5 Å². The van der Waals surface area contributed by atoms with Gasteiger partial charge in [0.25, 0.3) is 0 Å². The van der Waals surface area contributed by atoms with Crippen molar-refractivity contribution in [1.29, 1.82) is 0 Å². The molecule has 0 aromatic heterocycles. The predicted octanol–water partition coefficient (Wildman–Crippen LogP) is 4.54. The number of allylic oxidation sites excluding steroid dienone is 4. The summed E-state index contributed by atoms with van der Waals surface area (Å²) in [7, 11) is 0. The van der Waals surface area contributed by atoms with Crippen molar-refractivity contribution in [3.05, 3.63) is 34.9 Å². The number of carbonyl (C=O) groups excluding carboxylic acids is 2. The molecule has 3 fully saturated rings. The minimum Gasteiger partial charge on any atom is -0.460 e. The minimum absolute atomic E-state index is 0.0161. The number of carbonyl (C=O) groups is 2. The summed E-state index contributed by atoms with van der Waals surface area (Å²) in [5.74, 6) is -0.432. The smallest absolute Gasteiger partial charge is 0.341 e. The van der Waals surface area contributed by atoms with Gasteiger partial charge in [0.1, 0.15) is 17.3 Å². The first-order valence-electron chi connectivity index (χ1n) is 13.7. The first-order valence-corrected chi connectivity index (χ1v) is 13.7. The van der Waals surface area contributed by atoms with E-state index in [0.29, 0.717) is 18.8 Å². The van der Waals surface area contributed by atoms with Crippen LogP contribution in [0.4, 0.5) is 0 Å². The maximum atomic E-state index is 12.5. The summed E-state index contributed by atoms with van der Waals surface area (Å²) in [5.41, 5.74) is 0.366. The van der Waals surface area contributed by atoms with Crippen LogP contribution >= 0.6 is 0 Å². The van der Waals surface area contributed by atoms with Crippen LogP contribution in [0.2, 0.25) is 0 Å². The molecule has 6 aliphatic rings. The summed E-state index contributed by atoms with van der Waals surface area (Å²) in [6, 6.07) is 0. The van der Waals surface area contributed by atoms with Crippen molar-refractivity contribution in [3.8, 4) is 0 Å². The second kappa shape index (κ2) is 7.35. The van der Waals surface area contributed by atoms with Crippen molar-refractivity contribution >= 4 is 11.9 Å². The molecule has 1 saturated heterocycles. The number of esters is 2. The number of ether oxygens (including phenoxy) is 2. The summed E-state index contributed by atoms with van der Waals surface area (Å²) < 4.78 is 11.6. The van der Waals surface area contributed by atoms with Crippen LogP contribution in [0.5, 0.6) is 0 Å². The highest BCUT2D eigenvalue weighted by Crippen LogP contribution is 2.70. The van der Waals surface area contributed by atoms with Gasteiger partial charge < -0.3 is 19.7 Å². The molecule has 0 spiro atoms. The lowest BCUT2D eigenvalue weighted by Gasteiger charge is -2.52. The Morgan fingerprint density at radius 2 is 1.69 bits per heavy atom. The van der Waals surface area contributed by atoms with E-state index >= 15 is 0 Å². The molecule has 6 rings (SSSR count). The lowest BCUT2D eigenvalue weighted by atomic mass is 9.52. The quantitative estimate of drug-likeness (QED) is 0.518. The number of cyclic esters (lactones) is 1. The molecule has 8 atom stereocenters. The van der Waals surface area contributed by atoms with Crippen LogP contribution in [0.15, 0.2) is 34.9 Å². The van der Waals surface area contributed by atoms with Crippen LogP contribution in [0.3, 0.4) is 0 Å². The molecule has 6 heteroatoms. The molecule has 0 aromatic rings. The van der Waals surface area contributed by atoms with E-state index in [1.807, 2.05) is 19.9 Å². The Hall–Kier alpha value is -1.92. The van der Waals surface area contributed by atoms with Crippen LogP contribution in [-0.4, -0.2) is 45.1 Å². The largest absolute Gasteiger partial charge is 0.460 e. The van der Waals surface area contributed by atoms with Crippen molar-refractivity contribution in [2.45, 2.75) is 109 Å². The van der Waals surface area contributed by atoms with Gasteiger partial charge >= 0.3 is 11.9 Å². The maximum absolute atomic E-state index is 12.5. The van der Waals surface area contributed by atoms with Gasteiger partial charge in [-0.25, -0.2) is 9.59 Å². The third-order valence-corrected chi connectivity index (χ3v) is 11.7. The second-order valence-electron chi connectivity index (χ2n) is 13.6. The summed E-state index contributed by atoms with van der Waals surface area (Å²) in [6.07, 6.45) is 12.3. The Kier molecular flexibility index (Phi) is 4.98. The third-order valence-electron chi connectivity index (χ3n) is 11.7. The van der Waals surface area contributed by atoms with Crippen molar-refractivity contribution in [3.63, 3.8) is 0 Å². The highest BCUT2D eigenvalue weighted by molar-refractivity contribution is 5.84. The minimum atomic E-state index is -1.85. The number of hydrogen-bond donors (Lipinski definition) is 2. The van der Waals surface area contributed by atoms with Gasteiger partial charge in [0.15, 0.2) is 5.60 Å². The average Bonchev–Trinajstić information content (AvgIpc) is 3.09. The van der Waals surface area contributed by atoms with Crippen molar-refractivity contribution in [2.24, 2.45) is 28.6 Å². The van der Waals surface area contributed by atoms with E-state index in [4.69, 9.17) is 9.47 Å². The summed E-state index contributed by atoms with van der Waals surface area (Å²) in [6.45, 7) is 10.3. The molecule has 0 unspecified atom stereocenters. The van der Waals surface area contributed by atoms with Crippen molar-refractivity contribution < 1.29 is 29.3 Å². The van der Waals surface area contributed by atoms with Crippen LogP contribution in [0, 0.1) is 28.6 Å². The highest BCUT2D eigenvalue weighted by atomic mass is 16.6. The van der Waals surface area contributed by atoms with Gasteiger partial charge in [0.05, 0.1) is 0 Å². The Morgan fingerprint density at radius 3 is 2.44 bits per heavy atom. The Labute approximate surface area is 213 Å². The van der Waals surface area contributed by atoms with E-state index in [1.54, 1.807) is 11.6 Å². The Morgan fingerprint density at radius 1 is 0.944 bits per heavy atom. The molecule has 0 amide bonds. The van der Waals surface area contributed by atoms with E-state index in [-0.39, 0.29) is 34.7 Å². The lowest BCUT2D eigenvalue weighted by Crippen LogP contribution is -2.59. The fourth-order valence-corrected chi connectivity index (χ4v) is 9.25. The molecule has 4 aliphatic carbocycles. The van der Waals surface area contributed by atoms with Crippen LogP contribution in [0.1, 0.15) is 86.0 Å². The highest BCUT2D eigenvalue weighted by Gasteiger charge is 2.69. The molecule has 2 N–H and O–H groups in total. The topological polar surface area (TPSA) is 93.1 Å². The molecule has 196 valence electrons. The maximum Gasteiger partial charge on any atom is 0.341 e. The normalized spacial score (nSPS) is 49.2. The monoisotopic (exact) mass is 496 g/mol. The number of aliphatic hydroxyl groups is 2. The molecule has 2 heterocycles. The first-order chi connectivity index (χ1) is 16.7. The third kappa shape index (κ3) is 3.03. The molecule has 2 bridgehead atoms. The molecule has 0 aromatic carbocycles. The van der Waals surface area contributed by atoms with E-state index in [1.165, 1.54) is 18.1 Å². The zero-order valence-electron chi connectivity index (χ0n) is 22.2. The van der Waals surface area contributed by atoms with Gasteiger partial charge in [-0.3, -0.25) is 0 Å². The Balaban J connectivity index is 1.35. The number of rotatable bonds is 1. The van der Waals surface area contributed by atoms with Crippen LogP contribution in [0.25, 0.3) is 0 Å². The summed E-state index contributed by atoms with van der Waals surface area (Å²) in [5, 5.41) is 22.1. The van der Waals surface area contributed by atoms with Crippen molar-refractivity contribution in [2.75, 3.05) is 0 Å². The number of hydrogen-bond acceptors (Lipinski definition) is 6. The van der Waals surface area contributed by atoms with E-state index < -0.39 is 22.8 Å². The van der Waals surface area contributed by atoms with Gasteiger partial charge in [-0.1, -0.05) is 31.6 Å². The average molecular weight is 497 g/mol. The molecule has 2 saturated carbocycles. The van der Waals surface area contributed by atoms with E-state index in [2.05, 4.69) is 19.9 Å². The fourth-order valence-electron chi connectivity index (χ4n) is 9.25. The zero-order valence-corrected chi connectivity index (χ0v) is 22.2. The first kappa shape index (κ1) is 24.4. The van der Waals surface area contributed by atoms with Gasteiger partial charge in [-0.15, -0.1) is 0 Å². The van der Waals surface area contributed by atoms with Gasteiger partial charge in [-0.05, 0) is 93.6 Å². The van der Waals surface area contributed by atoms with Crippen LogP contribution < -0.4 is 0 Å². The van der Waals surface area contributed by atoms with Gasteiger partial charge in [0.2, 0.25) is 0 Å². The predicted molar refractivity (Wildman–Crippen MR) is 133 cm³/mol. The van der Waals surface area contributed by atoms with Gasteiger partial charge in [0, 0.05) is 24.3 Å². The second-order valence-corrected chi connectivity index (χ2v) is 13.6.